The van der Waals surface area contributed by atoms with Crippen LogP contribution in [-0.2, 0) is 4.74 Å². The van der Waals surface area contributed by atoms with Crippen molar-refractivity contribution in [3.8, 4) is 0 Å². The summed E-state index contributed by atoms with van der Waals surface area (Å²) in [5.74, 6) is 0.0944. The van der Waals surface area contributed by atoms with Crippen LogP contribution in [-0.4, -0.2) is 51.0 Å². The maximum Gasteiger partial charge on any atom is 0.134 e. The molecule has 1 atom stereocenters. The van der Waals surface area contributed by atoms with Crippen molar-refractivity contribution in [2.75, 3.05) is 54.0 Å². The molecular weight excluding hydrogens is 603 g/mol. The lowest BCUT2D eigenvalue weighted by Gasteiger charge is -2.42. The number of nitrogens with zero attached hydrogens (tertiary/aromatic N) is 3. The van der Waals surface area contributed by atoms with Gasteiger partial charge in [-0.05, 0) is 98.9 Å². The molecule has 0 heterocycles. The average molecular weight is 668 g/mol. The Hall–Kier alpha value is -3.54. The van der Waals surface area contributed by atoms with Crippen LogP contribution in [0.2, 0.25) is 0 Å². The second kappa shape index (κ2) is 17.4. The van der Waals surface area contributed by atoms with Gasteiger partial charge in [0.05, 0.1) is 0 Å². The van der Waals surface area contributed by atoms with Gasteiger partial charge in [-0.3, -0.25) is 0 Å². The molecule has 0 aromatic heterocycles. The van der Waals surface area contributed by atoms with Gasteiger partial charge in [-0.25, -0.2) is 0 Å². The predicted octanol–water partition coefficient (Wildman–Crippen LogP) is 10.5. The van der Waals surface area contributed by atoms with Crippen LogP contribution in [0.4, 0.5) is 17.1 Å². The molecule has 0 aliphatic carbocycles. The van der Waals surface area contributed by atoms with Crippen LogP contribution < -0.4 is 14.7 Å². The van der Waals surface area contributed by atoms with E-state index < -0.39 is 0 Å². The Morgan fingerprint density at radius 1 is 0.571 bits per heavy atom. The molecule has 4 aromatic rings. The highest BCUT2D eigenvalue weighted by molar-refractivity contribution is 5.97. The topological polar surface area (TPSA) is 50.5 Å². The van der Waals surface area contributed by atoms with Gasteiger partial charge in [0.15, 0.2) is 0 Å². The quantitative estimate of drug-likeness (QED) is 0.0935. The molecule has 0 saturated carbocycles. The maximum absolute atomic E-state index is 6.77. The fourth-order valence-corrected chi connectivity index (χ4v) is 7.04. The van der Waals surface area contributed by atoms with Gasteiger partial charge in [-0.15, -0.1) is 0 Å². The minimum atomic E-state index is -0.0601. The van der Waals surface area contributed by atoms with Crippen LogP contribution in [0, 0.1) is 10.8 Å². The standard InChI is InChI=1S/C44H63N3O.H2O/c1-12-45(13-2)35-25-21-33(22-26-35)41(34-23-27-36(28-24-34)46(14-3)15-4)39-29-30-40(38-20-18-17-19-37(38)39)47(16-5)42(44(9,10)11)48-32-31-43(6,7)8;/h17-30,41-42H,12-16,31-32H2,1-11H3;1H2. The van der Waals surface area contributed by atoms with Crippen molar-refractivity contribution in [3.63, 3.8) is 0 Å². The lowest BCUT2D eigenvalue weighted by Crippen LogP contribution is -2.46. The summed E-state index contributed by atoms with van der Waals surface area (Å²) in [5, 5.41) is 2.57. The molecule has 0 bridgehead atoms. The average Bonchev–Trinajstić information content (AvgIpc) is 3.06. The van der Waals surface area contributed by atoms with Crippen LogP contribution in [0.15, 0.2) is 84.9 Å². The lowest BCUT2D eigenvalue weighted by atomic mass is 9.82. The van der Waals surface area contributed by atoms with Gasteiger partial charge in [-0.1, -0.05) is 96.1 Å². The highest BCUT2D eigenvalue weighted by Crippen LogP contribution is 2.42. The highest BCUT2D eigenvalue weighted by atomic mass is 16.5. The zero-order chi connectivity index (χ0) is 35.1. The predicted molar refractivity (Wildman–Crippen MR) is 215 cm³/mol. The Morgan fingerprint density at radius 3 is 1.45 bits per heavy atom. The molecule has 0 fully saturated rings. The fraction of sp³-hybridized carbons (Fsp3) is 0.500. The molecule has 49 heavy (non-hydrogen) atoms. The van der Waals surface area contributed by atoms with Gasteiger partial charge in [0.25, 0.3) is 0 Å². The Labute approximate surface area is 298 Å². The van der Waals surface area contributed by atoms with E-state index >= 15 is 0 Å². The van der Waals surface area contributed by atoms with Gasteiger partial charge >= 0.3 is 0 Å². The first kappa shape index (κ1) is 39.9. The smallest absolute Gasteiger partial charge is 0.134 e. The van der Waals surface area contributed by atoms with E-state index in [1.807, 2.05) is 0 Å². The summed E-state index contributed by atoms with van der Waals surface area (Å²) in [6, 6.07) is 32.3. The monoisotopic (exact) mass is 668 g/mol. The third-order valence-corrected chi connectivity index (χ3v) is 9.76. The molecule has 4 rings (SSSR count). The summed E-state index contributed by atoms with van der Waals surface area (Å²) in [4.78, 5) is 7.31. The third kappa shape index (κ3) is 9.58. The molecule has 1 unspecified atom stereocenters. The van der Waals surface area contributed by atoms with Gasteiger partial charge in [-0.2, -0.15) is 0 Å². The molecule has 0 spiro atoms. The van der Waals surface area contributed by atoms with Crippen LogP contribution in [0.5, 0.6) is 0 Å². The summed E-state index contributed by atoms with van der Waals surface area (Å²) >= 11 is 0. The Morgan fingerprint density at radius 2 is 1.04 bits per heavy atom. The van der Waals surface area contributed by atoms with Gasteiger partial charge in [0.1, 0.15) is 6.23 Å². The van der Waals surface area contributed by atoms with Gasteiger partial charge in [0.2, 0.25) is 0 Å². The molecule has 5 nitrogen and oxygen atoms in total. The number of hydrogen-bond acceptors (Lipinski definition) is 4. The normalized spacial score (nSPS) is 12.6. The van der Waals surface area contributed by atoms with Crippen LogP contribution in [0.25, 0.3) is 10.8 Å². The molecule has 0 amide bonds. The molecule has 0 aliphatic rings. The number of rotatable bonds is 15. The van der Waals surface area contributed by atoms with E-state index in [2.05, 4.69) is 176 Å². The van der Waals surface area contributed by atoms with Crippen molar-refractivity contribution < 1.29 is 10.2 Å². The van der Waals surface area contributed by atoms with Gasteiger partial charge in [0, 0.05) is 73.1 Å². The van der Waals surface area contributed by atoms with E-state index in [0.29, 0.717) is 0 Å². The number of ether oxygens (including phenoxy) is 1. The first-order valence-electron chi connectivity index (χ1n) is 18.5. The summed E-state index contributed by atoms with van der Waals surface area (Å²) in [7, 11) is 0. The second-order valence-corrected chi connectivity index (χ2v) is 15.4. The Bertz CT molecular complexity index is 1500. The van der Waals surface area contributed by atoms with E-state index in [1.54, 1.807) is 0 Å². The van der Waals surface area contributed by atoms with E-state index in [1.165, 1.54) is 44.5 Å². The molecule has 5 heteroatoms. The van der Waals surface area contributed by atoms with Gasteiger partial charge < -0.3 is 24.9 Å². The van der Waals surface area contributed by atoms with Crippen LogP contribution in [0.3, 0.4) is 0 Å². The van der Waals surface area contributed by atoms with E-state index in [9.17, 15) is 0 Å². The van der Waals surface area contributed by atoms with E-state index in [4.69, 9.17) is 4.74 Å². The summed E-state index contributed by atoms with van der Waals surface area (Å²) in [5.41, 5.74) is 7.91. The SMILES string of the molecule is CCN(CC)c1ccc(C(c2ccc(N(CC)CC)cc2)c2ccc(N(CC)C(OCCC(C)(C)C)C(C)(C)C)c3ccccc23)cc1.O. The summed E-state index contributed by atoms with van der Waals surface area (Å²) in [6.07, 6.45) is 0.980. The zero-order valence-electron chi connectivity index (χ0n) is 32.4. The first-order chi connectivity index (χ1) is 22.9. The van der Waals surface area contributed by atoms with E-state index in [-0.39, 0.29) is 28.5 Å². The van der Waals surface area contributed by atoms with E-state index in [0.717, 1.165) is 45.8 Å². The van der Waals surface area contributed by atoms with Crippen LogP contribution in [0.1, 0.15) is 105 Å². The molecule has 268 valence electrons. The summed E-state index contributed by atoms with van der Waals surface area (Å²) in [6.45, 7) is 30.5. The molecule has 2 N–H and O–H groups in total. The first-order valence-corrected chi connectivity index (χ1v) is 18.5. The van der Waals surface area contributed by atoms with Crippen molar-refractivity contribution in [1.29, 1.82) is 0 Å². The van der Waals surface area contributed by atoms with Crippen molar-refractivity contribution >= 4 is 27.8 Å². The molecule has 0 saturated heterocycles. The molecule has 0 radical (unpaired) electrons. The molecular formula is C44H65N3O2. The summed E-state index contributed by atoms with van der Waals surface area (Å²) < 4.78 is 6.77. The van der Waals surface area contributed by atoms with Crippen LogP contribution >= 0.6 is 0 Å². The largest absolute Gasteiger partial charge is 0.412 e. The Kier molecular flexibility index (Phi) is 14.2. The minimum absolute atomic E-state index is 0. The number of anilines is 3. The Balaban J connectivity index is 0.00000650. The highest BCUT2D eigenvalue weighted by Gasteiger charge is 2.33. The van der Waals surface area contributed by atoms with Crippen molar-refractivity contribution in [3.05, 3.63) is 102 Å². The number of hydrogen-bond donors (Lipinski definition) is 0. The maximum atomic E-state index is 6.77. The number of fused-ring (bicyclic) bond motifs is 1. The molecule has 4 aromatic carbocycles. The molecule has 0 aliphatic heterocycles. The fourth-order valence-electron chi connectivity index (χ4n) is 7.04. The number of benzene rings is 4. The second-order valence-electron chi connectivity index (χ2n) is 15.4. The minimum Gasteiger partial charge on any atom is -0.412 e. The third-order valence-electron chi connectivity index (χ3n) is 9.76. The van der Waals surface area contributed by atoms with Crippen molar-refractivity contribution in [1.82, 2.24) is 0 Å². The van der Waals surface area contributed by atoms with Crippen molar-refractivity contribution in [2.45, 2.75) is 94.7 Å². The zero-order valence-corrected chi connectivity index (χ0v) is 32.4. The lowest BCUT2D eigenvalue weighted by molar-refractivity contribution is -0.0275. The van der Waals surface area contributed by atoms with Crippen molar-refractivity contribution in [2.24, 2.45) is 10.8 Å².